The van der Waals surface area contributed by atoms with Gasteiger partial charge in [0, 0.05) is 45.2 Å². The van der Waals surface area contributed by atoms with Gasteiger partial charge >= 0.3 is 0 Å². The molecule has 0 spiro atoms. The average molecular weight is 267 g/mol. The highest BCUT2D eigenvalue weighted by Gasteiger charge is 2.25. The van der Waals surface area contributed by atoms with E-state index in [2.05, 4.69) is 24.2 Å². The topological polar surface area (TPSA) is 35.6 Å². The highest BCUT2D eigenvalue weighted by Crippen LogP contribution is 2.27. The van der Waals surface area contributed by atoms with Crippen molar-refractivity contribution in [2.45, 2.75) is 45.1 Å². The van der Waals surface area contributed by atoms with Crippen molar-refractivity contribution in [1.29, 1.82) is 0 Å². The van der Waals surface area contributed by atoms with Crippen LogP contribution in [0.3, 0.4) is 0 Å². The Hall–Kier alpha value is -0.610. The van der Waals surface area contributed by atoms with Gasteiger partial charge in [0.2, 0.25) is 5.91 Å². The first-order valence-electron chi connectivity index (χ1n) is 7.87. The molecule has 110 valence electrons. The fourth-order valence-corrected chi connectivity index (χ4v) is 3.46. The number of hydrogen-bond donors (Lipinski definition) is 1. The summed E-state index contributed by atoms with van der Waals surface area (Å²) < 4.78 is 0. The summed E-state index contributed by atoms with van der Waals surface area (Å²) in [6.07, 6.45) is 6.07. The lowest BCUT2D eigenvalue weighted by Gasteiger charge is -2.36. The number of nitrogens with zero attached hydrogens (tertiary/aromatic N) is 2. The number of hydrogen-bond acceptors (Lipinski definition) is 3. The Labute approximate surface area is 117 Å². The average Bonchev–Trinajstić information content (AvgIpc) is 2.46. The van der Waals surface area contributed by atoms with Gasteiger partial charge in [-0.3, -0.25) is 4.79 Å². The molecule has 1 amide bonds. The summed E-state index contributed by atoms with van der Waals surface area (Å²) in [6, 6.07) is 0.685. The van der Waals surface area contributed by atoms with Gasteiger partial charge in [-0.15, -0.1) is 0 Å². The largest absolute Gasteiger partial charge is 0.340 e. The molecule has 0 bridgehead atoms. The summed E-state index contributed by atoms with van der Waals surface area (Å²) in [4.78, 5) is 16.6. The van der Waals surface area contributed by atoms with Gasteiger partial charge in [0.1, 0.15) is 0 Å². The summed E-state index contributed by atoms with van der Waals surface area (Å²) >= 11 is 0. The minimum Gasteiger partial charge on any atom is -0.340 e. The zero-order valence-corrected chi connectivity index (χ0v) is 12.5. The van der Waals surface area contributed by atoms with Crippen LogP contribution in [0.5, 0.6) is 0 Å². The first kappa shape index (κ1) is 14.8. The van der Waals surface area contributed by atoms with E-state index >= 15 is 0 Å². The van der Waals surface area contributed by atoms with Crippen LogP contribution in [0.15, 0.2) is 0 Å². The third-order valence-electron chi connectivity index (χ3n) is 4.78. The fourth-order valence-electron chi connectivity index (χ4n) is 3.46. The van der Waals surface area contributed by atoms with Crippen LogP contribution in [-0.2, 0) is 4.79 Å². The monoisotopic (exact) mass is 267 g/mol. The summed E-state index contributed by atoms with van der Waals surface area (Å²) in [5.74, 6) is 1.12. The maximum absolute atomic E-state index is 12.1. The quantitative estimate of drug-likeness (QED) is 0.834. The van der Waals surface area contributed by atoms with Gasteiger partial charge < -0.3 is 15.1 Å². The van der Waals surface area contributed by atoms with Gasteiger partial charge in [-0.2, -0.15) is 0 Å². The van der Waals surface area contributed by atoms with E-state index in [1.54, 1.807) is 0 Å². The highest BCUT2D eigenvalue weighted by atomic mass is 16.2. The number of carbonyl (C=O) groups excluding carboxylic acids is 1. The predicted octanol–water partition coefficient (Wildman–Crippen LogP) is 1.32. The second kappa shape index (κ2) is 7.25. The molecule has 4 heteroatoms. The molecule has 1 aliphatic heterocycles. The predicted molar refractivity (Wildman–Crippen MR) is 78.1 cm³/mol. The van der Waals surface area contributed by atoms with Gasteiger partial charge in [0.05, 0.1) is 0 Å². The van der Waals surface area contributed by atoms with Crippen LogP contribution >= 0.6 is 0 Å². The number of nitrogens with one attached hydrogen (secondary N) is 1. The molecule has 0 radical (unpaired) electrons. The lowest BCUT2D eigenvalue weighted by Crippen LogP contribution is -2.47. The van der Waals surface area contributed by atoms with Crippen molar-refractivity contribution in [3.63, 3.8) is 0 Å². The second-order valence-corrected chi connectivity index (χ2v) is 6.19. The van der Waals surface area contributed by atoms with Crippen LogP contribution in [0, 0.1) is 5.92 Å². The Balaban J connectivity index is 1.72. The first-order chi connectivity index (χ1) is 9.18. The van der Waals surface area contributed by atoms with E-state index in [4.69, 9.17) is 0 Å². The zero-order chi connectivity index (χ0) is 13.7. The minimum atomic E-state index is 0.330. The molecule has 1 heterocycles. The molecule has 1 N–H and O–H groups in total. The number of rotatable bonds is 4. The van der Waals surface area contributed by atoms with E-state index in [-0.39, 0.29) is 0 Å². The smallest absolute Gasteiger partial charge is 0.223 e. The van der Waals surface area contributed by atoms with Crippen LogP contribution in [0.1, 0.15) is 39.0 Å². The van der Waals surface area contributed by atoms with Gasteiger partial charge in [-0.05, 0) is 25.8 Å². The van der Waals surface area contributed by atoms with E-state index in [1.165, 1.54) is 25.7 Å². The summed E-state index contributed by atoms with van der Waals surface area (Å²) in [7, 11) is 2.19. The van der Waals surface area contributed by atoms with Crippen molar-refractivity contribution in [2.24, 2.45) is 5.92 Å². The van der Waals surface area contributed by atoms with Gasteiger partial charge in [0.25, 0.3) is 0 Å². The lowest BCUT2D eigenvalue weighted by atomic mass is 9.85. The molecule has 2 rings (SSSR count). The van der Waals surface area contributed by atoms with Crippen molar-refractivity contribution < 1.29 is 4.79 Å². The molecular weight excluding hydrogens is 238 g/mol. The van der Waals surface area contributed by atoms with E-state index in [1.807, 2.05) is 4.90 Å². The second-order valence-electron chi connectivity index (χ2n) is 6.19. The van der Waals surface area contributed by atoms with Crippen molar-refractivity contribution >= 4 is 5.91 Å². The summed E-state index contributed by atoms with van der Waals surface area (Å²) in [5.41, 5.74) is 0. The molecule has 4 nitrogen and oxygen atoms in total. The third-order valence-corrected chi connectivity index (χ3v) is 4.78. The molecule has 2 atom stereocenters. The standard InChI is InChI=1S/C15H29N3O/c1-13-5-3-4-6-14(13)17(2)10-7-15(19)18-11-8-16-9-12-18/h13-14,16H,3-12H2,1-2H3. The zero-order valence-electron chi connectivity index (χ0n) is 12.5. The van der Waals surface area contributed by atoms with Gasteiger partial charge in [-0.25, -0.2) is 0 Å². The number of amides is 1. The maximum atomic E-state index is 12.1. The van der Waals surface area contributed by atoms with Crippen molar-refractivity contribution in [1.82, 2.24) is 15.1 Å². The molecule has 1 saturated heterocycles. The van der Waals surface area contributed by atoms with Crippen LogP contribution in [0.25, 0.3) is 0 Å². The fraction of sp³-hybridized carbons (Fsp3) is 0.933. The molecule has 0 aromatic heterocycles. The number of piperazine rings is 1. The molecular formula is C15H29N3O. The molecule has 19 heavy (non-hydrogen) atoms. The lowest BCUT2D eigenvalue weighted by molar-refractivity contribution is -0.132. The third kappa shape index (κ3) is 4.18. The molecule has 0 aromatic carbocycles. The van der Waals surface area contributed by atoms with Crippen LogP contribution in [0.2, 0.25) is 0 Å². The Bertz CT molecular complexity index is 289. The van der Waals surface area contributed by atoms with Crippen LogP contribution in [-0.4, -0.2) is 61.5 Å². The van der Waals surface area contributed by atoms with Crippen LogP contribution in [0.4, 0.5) is 0 Å². The maximum Gasteiger partial charge on any atom is 0.223 e. The van der Waals surface area contributed by atoms with Crippen molar-refractivity contribution in [3.8, 4) is 0 Å². The summed E-state index contributed by atoms with van der Waals surface area (Å²) in [5, 5.41) is 3.29. The normalized spacial score (nSPS) is 28.7. The van der Waals surface area contributed by atoms with E-state index < -0.39 is 0 Å². The Morgan fingerprint density at radius 3 is 2.63 bits per heavy atom. The number of carbonyl (C=O) groups is 1. The van der Waals surface area contributed by atoms with Gasteiger partial charge in [-0.1, -0.05) is 19.8 Å². The molecule has 0 aromatic rings. The van der Waals surface area contributed by atoms with Crippen LogP contribution < -0.4 is 5.32 Å². The summed E-state index contributed by atoms with van der Waals surface area (Å²) in [6.45, 7) is 6.92. The minimum absolute atomic E-state index is 0.330. The molecule has 1 saturated carbocycles. The highest BCUT2D eigenvalue weighted by molar-refractivity contribution is 5.76. The Morgan fingerprint density at radius 1 is 1.26 bits per heavy atom. The molecule has 1 aliphatic carbocycles. The van der Waals surface area contributed by atoms with Gasteiger partial charge in [0.15, 0.2) is 0 Å². The Kier molecular flexibility index (Phi) is 5.64. The SMILES string of the molecule is CC1CCCCC1N(C)CCC(=O)N1CCNCC1. The molecule has 2 unspecified atom stereocenters. The van der Waals surface area contributed by atoms with E-state index in [0.29, 0.717) is 18.4 Å². The molecule has 2 fully saturated rings. The first-order valence-corrected chi connectivity index (χ1v) is 7.87. The van der Waals surface area contributed by atoms with Crippen molar-refractivity contribution in [3.05, 3.63) is 0 Å². The molecule has 2 aliphatic rings. The van der Waals surface area contributed by atoms with E-state index in [0.717, 1.165) is 38.6 Å². The van der Waals surface area contributed by atoms with E-state index in [9.17, 15) is 4.79 Å². The van der Waals surface area contributed by atoms with Crippen molar-refractivity contribution in [2.75, 3.05) is 39.8 Å². The Morgan fingerprint density at radius 2 is 1.95 bits per heavy atom.